The van der Waals surface area contributed by atoms with Crippen LogP contribution in [-0.4, -0.2) is 13.4 Å². The van der Waals surface area contributed by atoms with Gasteiger partial charge in [0.25, 0.3) is 0 Å². The van der Waals surface area contributed by atoms with Crippen LogP contribution in [0.4, 0.5) is 13.2 Å². The molecule has 0 fully saturated rings. The molecule has 9 heteroatoms. The van der Waals surface area contributed by atoms with Crippen molar-refractivity contribution in [1.82, 2.24) is 4.98 Å². The minimum Gasteiger partial charge on any atom is -0.255 e. The average molecular weight is 392 g/mol. The van der Waals surface area contributed by atoms with E-state index in [1.165, 1.54) is 6.07 Å². The van der Waals surface area contributed by atoms with E-state index in [0.29, 0.717) is 12.1 Å². The maximum atomic E-state index is 13.6. The van der Waals surface area contributed by atoms with Crippen molar-refractivity contribution in [1.29, 1.82) is 0 Å². The molecule has 0 saturated carbocycles. The molecule has 0 aliphatic carbocycles. The van der Waals surface area contributed by atoms with Gasteiger partial charge in [0.05, 0.1) is 20.5 Å². The molecular weight excluding hydrogens is 386 g/mol. The number of nitrogens with zero attached hydrogens (tertiary/aromatic N) is 1. The van der Waals surface area contributed by atoms with Crippen molar-refractivity contribution >= 4 is 43.9 Å². The minimum absolute atomic E-state index is 0.0298. The molecule has 0 atom stereocenters. The maximum Gasteiger partial charge on any atom is 0.209 e. The highest BCUT2D eigenvalue weighted by Gasteiger charge is 2.24. The van der Waals surface area contributed by atoms with E-state index in [-0.39, 0.29) is 20.9 Å². The molecular formula is C15H6Cl2F3NO2S. The summed E-state index contributed by atoms with van der Waals surface area (Å²) < 4.78 is 65.1. The van der Waals surface area contributed by atoms with Crippen molar-refractivity contribution in [3.8, 4) is 0 Å². The zero-order valence-electron chi connectivity index (χ0n) is 11.5. The summed E-state index contributed by atoms with van der Waals surface area (Å²) >= 11 is 11.7. The van der Waals surface area contributed by atoms with E-state index < -0.39 is 37.1 Å². The van der Waals surface area contributed by atoms with E-state index in [9.17, 15) is 21.6 Å². The number of halogens is 5. The SMILES string of the molecule is O=S(=O)(c1ccc(F)c(F)c1)c1cnc2cc(Cl)c(F)cc2c1Cl. The molecule has 0 N–H and O–H groups in total. The highest BCUT2D eigenvalue weighted by molar-refractivity contribution is 7.91. The summed E-state index contributed by atoms with van der Waals surface area (Å²) in [6.07, 6.45) is 0.954. The third-order valence-electron chi connectivity index (χ3n) is 3.30. The molecule has 3 rings (SSSR count). The first-order chi connectivity index (χ1) is 11.2. The highest BCUT2D eigenvalue weighted by atomic mass is 35.5. The summed E-state index contributed by atoms with van der Waals surface area (Å²) in [4.78, 5) is 2.94. The molecule has 0 spiro atoms. The Kier molecular flexibility index (Phi) is 4.19. The van der Waals surface area contributed by atoms with Crippen LogP contribution in [0.1, 0.15) is 0 Å². The number of pyridine rings is 1. The lowest BCUT2D eigenvalue weighted by Crippen LogP contribution is -2.05. The summed E-state index contributed by atoms with van der Waals surface area (Å²) in [7, 11) is -4.28. The second-order valence-electron chi connectivity index (χ2n) is 4.80. The molecule has 0 aliphatic rings. The molecule has 3 nitrogen and oxygen atoms in total. The van der Waals surface area contributed by atoms with Crippen LogP contribution in [-0.2, 0) is 9.84 Å². The Morgan fingerprint density at radius 3 is 2.29 bits per heavy atom. The molecule has 1 heterocycles. The van der Waals surface area contributed by atoms with Gasteiger partial charge in [-0.05, 0) is 30.3 Å². The molecule has 0 saturated heterocycles. The lowest BCUT2D eigenvalue weighted by atomic mass is 10.2. The lowest BCUT2D eigenvalue weighted by molar-refractivity contribution is 0.504. The number of benzene rings is 2. The Bertz CT molecular complexity index is 1090. The summed E-state index contributed by atoms with van der Waals surface area (Å²) in [6, 6.07) is 4.28. The standard InChI is InChI=1S/C15H6Cl2F3NO2S/c16-9-5-13-8(4-11(9)19)15(17)14(6-21-13)24(22,23)7-1-2-10(18)12(20)3-7/h1-6H. The zero-order chi connectivity index (χ0) is 17.6. The van der Waals surface area contributed by atoms with E-state index in [2.05, 4.69) is 4.98 Å². The topological polar surface area (TPSA) is 47.0 Å². The third-order valence-corrected chi connectivity index (χ3v) is 5.88. The van der Waals surface area contributed by atoms with Gasteiger partial charge in [0.2, 0.25) is 9.84 Å². The molecule has 0 amide bonds. The van der Waals surface area contributed by atoms with Crippen LogP contribution >= 0.6 is 23.2 Å². The van der Waals surface area contributed by atoms with Crippen LogP contribution in [0.3, 0.4) is 0 Å². The van der Waals surface area contributed by atoms with Crippen LogP contribution < -0.4 is 0 Å². The van der Waals surface area contributed by atoms with Gasteiger partial charge in [0.1, 0.15) is 10.7 Å². The van der Waals surface area contributed by atoms with Crippen molar-refractivity contribution in [2.45, 2.75) is 9.79 Å². The zero-order valence-corrected chi connectivity index (χ0v) is 13.9. The normalized spacial score (nSPS) is 11.9. The van der Waals surface area contributed by atoms with Crippen molar-refractivity contribution in [3.05, 3.63) is 64.0 Å². The predicted molar refractivity (Wildman–Crippen MR) is 83.5 cm³/mol. The van der Waals surface area contributed by atoms with Crippen LogP contribution in [0.2, 0.25) is 10.0 Å². The first kappa shape index (κ1) is 17.0. The van der Waals surface area contributed by atoms with E-state index >= 15 is 0 Å². The van der Waals surface area contributed by atoms with Crippen molar-refractivity contribution in [2.75, 3.05) is 0 Å². The molecule has 1 aromatic heterocycles. The van der Waals surface area contributed by atoms with Gasteiger partial charge >= 0.3 is 0 Å². The van der Waals surface area contributed by atoms with Gasteiger partial charge in [-0.1, -0.05) is 23.2 Å². The number of sulfone groups is 1. The Morgan fingerprint density at radius 2 is 1.62 bits per heavy atom. The van der Waals surface area contributed by atoms with E-state index in [1.807, 2.05) is 0 Å². The number of fused-ring (bicyclic) bond motifs is 1. The molecule has 124 valence electrons. The molecule has 2 aromatic carbocycles. The lowest BCUT2D eigenvalue weighted by Gasteiger charge is -2.09. The van der Waals surface area contributed by atoms with Crippen molar-refractivity contribution < 1.29 is 21.6 Å². The van der Waals surface area contributed by atoms with Gasteiger partial charge in [-0.25, -0.2) is 21.6 Å². The molecule has 0 bridgehead atoms. The summed E-state index contributed by atoms with van der Waals surface area (Å²) in [5.41, 5.74) is 0.190. The van der Waals surface area contributed by atoms with Gasteiger partial charge in [-0.15, -0.1) is 0 Å². The maximum absolute atomic E-state index is 13.6. The van der Waals surface area contributed by atoms with E-state index in [1.54, 1.807) is 0 Å². The van der Waals surface area contributed by atoms with Crippen LogP contribution in [0.25, 0.3) is 10.9 Å². The molecule has 0 aliphatic heterocycles. The van der Waals surface area contributed by atoms with Gasteiger partial charge in [0, 0.05) is 11.6 Å². The van der Waals surface area contributed by atoms with E-state index in [0.717, 1.165) is 18.3 Å². The predicted octanol–water partition coefficient (Wildman–Crippen LogP) is 4.79. The number of hydrogen-bond donors (Lipinski definition) is 0. The molecule has 0 radical (unpaired) electrons. The largest absolute Gasteiger partial charge is 0.255 e. The smallest absolute Gasteiger partial charge is 0.209 e. The Morgan fingerprint density at radius 1 is 0.917 bits per heavy atom. The third kappa shape index (κ3) is 2.72. The van der Waals surface area contributed by atoms with Crippen molar-refractivity contribution in [3.63, 3.8) is 0 Å². The second-order valence-corrected chi connectivity index (χ2v) is 7.50. The summed E-state index contributed by atoms with van der Waals surface area (Å²) in [5.74, 6) is -3.30. The van der Waals surface area contributed by atoms with Gasteiger partial charge in [-0.2, -0.15) is 0 Å². The average Bonchev–Trinajstić information content (AvgIpc) is 2.52. The van der Waals surface area contributed by atoms with Crippen LogP contribution in [0.15, 0.2) is 46.3 Å². The highest BCUT2D eigenvalue weighted by Crippen LogP contribution is 2.34. The van der Waals surface area contributed by atoms with Crippen molar-refractivity contribution in [2.24, 2.45) is 0 Å². The van der Waals surface area contributed by atoms with Crippen LogP contribution in [0.5, 0.6) is 0 Å². The quantitative estimate of drug-likeness (QED) is 0.589. The Labute approximate surface area is 144 Å². The molecule has 3 aromatic rings. The van der Waals surface area contributed by atoms with Gasteiger partial charge in [0.15, 0.2) is 11.6 Å². The first-order valence-corrected chi connectivity index (χ1v) is 8.59. The fourth-order valence-electron chi connectivity index (χ4n) is 2.09. The minimum atomic E-state index is -4.28. The van der Waals surface area contributed by atoms with E-state index in [4.69, 9.17) is 23.2 Å². The van der Waals surface area contributed by atoms with Gasteiger partial charge in [-0.3, -0.25) is 4.98 Å². The van der Waals surface area contributed by atoms with Crippen LogP contribution in [0, 0.1) is 17.5 Å². The molecule has 24 heavy (non-hydrogen) atoms. The summed E-state index contributed by atoms with van der Waals surface area (Å²) in [6.45, 7) is 0. The fourth-order valence-corrected chi connectivity index (χ4v) is 4.05. The fraction of sp³-hybridized carbons (Fsp3) is 0. The monoisotopic (exact) mass is 391 g/mol. The summed E-state index contributed by atoms with van der Waals surface area (Å²) in [5, 5.41) is -0.454. The first-order valence-electron chi connectivity index (χ1n) is 6.35. The Hall–Kier alpha value is -1.83. The Balaban J connectivity index is 2.26. The van der Waals surface area contributed by atoms with Gasteiger partial charge < -0.3 is 0 Å². The second kappa shape index (κ2) is 5.91. The molecule has 0 unspecified atom stereocenters. The number of aromatic nitrogens is 1. The number of hydrogen-bond acceptors (Lipinski definition) is 3. The number of rotatable bonds is 2.